The maximum absolute atomic E-state index is 13.1. The second-order valence-corrected chi connectivity index (χ2v) is 4.51. The second kappa shape index (κ2) is 5.18. The van der Waals surface area contributed by atoms with Crippen LogP contribution < -0.4 is 0 Å². The zero-order valence-corrected chi connectivity index (χ0v) is 11.0. The Morgan fingerprint density at radius 2 is 2.25 bits per heavy atom. The molecular formula is C12H10ClFN4O2. The lowest BCUT2D eigenvalue weighted by atomic mass is 10.2. The Hall–Kier alpha value is -1.99. The molecule has 20 heavy (non-hydrogen) atoms. The molecule has 0 saturated carbocycles. The van der Waals surface area contributed by atoms with Gasteiger partial charge in [-0.2, -0.15) is 4.80 Å². The van der Waals surface area contributed by atoms with Gasteiger partial charge in [-0.1, -0.05) is 0 Å². The Kier molecular flexibility index (Phi) is 3.37. The lowest BCUT2D eigenvalue weighted by molar-refractivity contribution is 0.122. The molecule has 0 spiro atoms. The van der Waals surface area contributed by atoms with Crippen LogP contribution in [0.15, 0.2) is 28.7 Å². The van der Waals surface area contributed by atoms with Crippen LogP contribution in [0.1, 0.15) is 17.7 Å². The molecule has 0 aliphatic carbocycles. The van der Waals surface area contributed by atoms with E-state index in [4.69, 9.17) is 16.0 Å². The van der Waals surface area contributed by atoms with Gasteiger partial charge in [0.05, 0.1) is 12.4 Å². The number of aliphatic hydroxyl groups is 1. The van der Waals surface area contributed by atoms with E-state index in [-0.39, 0.29) is 18.2 Å². The average Bonchev–Trinajstić information content (AvgIpc) is 3.04. The fourth-order valence-corrected chi connectivity index (χ4v) is 1.96. The van der Waals surface area contributed by atoms with Gasteiger partial charge in [0.25, 0.3) is 0 Å². The van der Waals surface area contributed by atoms with Crippen molar-refractivity contribution in [2.45, 2.75) is 18.5 Å². The van der Waals surface area contributed by atoms with Crippen molar-refractivity contribution in [1.82, 2.24) is 20.2 Å². The fraction of sp³-hybridized carbons (Fsp3) is 0.250. The van der Waals surface area contributed by atoms with Crippen LogP contribution in [-0.2, 0) is 12.4 Å². The van der Waals surface area contributed by atoms with Crippen molar-refractivity contribution in [3.8, 4) is 0 Å². The summed E-state index contributed by atoms with van der Waals surface area (Å²) in [5.74, 6) is 0.491. The van der Waals surface area contributed by atoms with E-state index >= 15 is 0 Å². The van der Waals surface area contributed by atoms with Crippen LogP contribution in [0.5, 0.6) is 0 Å². The summed E-state index contributed by atoms with van der Waals surface area (Å²) in [5, 5.41) is 22.1. The standard InChI is InChI=1S/C12H10ClFN4O2/c13-5-12-15-17-18(16-12)6-9(19)11-4-7-3-8(14)1-2-10(7)20-11/h1-4,9,19H,5-6H2/t9-/m0/s1. The molecule has 0 bridgehead atoms. The molecule has 0 amide bonds. The lowest BCUT2D eigenvalue weighted by Gasteiger charge is -2.05. The highest BCUT2D eigenvalue weighted by molar-refractivity contribution is 6.16. The molecule has 0 radical (unpaired) electrons. The number of furan rings is 1. The van der Waals surface area contributed by atoms with Crippen molar-refractivity contribution in [3.63, 3.8) is 0 Å². The zero-order chi connectivity index (χ0) is 14.1. The Balaban J connectivity index is 1.82. The molecule has 104 valence electrons. The molecule has 1 aromatic carbocycles. The number of alkyl halides is 1. The summed E-state index contributed by atoms with van der Waals surface area (Å²) >= 11 is 5.57. The first kappa shape index (κ1) is 13.0. The van der Waals surface area contributed by atoms with Crippen molar-refractivity contribution in [1.29, 1.82) is 0 Å². The molecule has 3 aromatic rings. The molecular weight excluding hydrogens is 287 g/mol. The molecule has 2 heterocycles. The molecule has 1 N–H and O–H groups in total. The number of nitrogens with zero attached hydrogens (tertiary/aromatic N) is 4. The van der Waals surface area contributed by atoms with E-state index in [2.05, 4.69) is 15.4 Å². The number of aliphatic hydroxyl groups excluding tert-OH is 1. The second-order valence-electron chi connectivity index (χ2n) is 4.24. The normalized spacial score (nSPS) is 12.9. The minimum Gasteiger partial charge on any atom is -0.458 e. The van der Waals surface area contributed by atoms with E-state index in [1.165, 1.54) is 23.0 Å². The summed E-state index contributed by atoms with van der Waals surface area (Å²) in [6.45, 7) is 0.0756. The summed E-state index contributed by atoms with van der Waals surface area (Å²) in [6, 6.07) is 5.74. The molecule has 0 aliphatic heterocycles. The molecule has 0 aliphatic rings. The van der Waals surface area contributed by atoms with Crippen molar-refractivity contribution in [2.75, 3.05) is 0 Å². The van der Waals surface area contributed by atoms with Gasteiger partial charge in [-0.05, 0) is 29.5 Å². The highest BCUT2D eigenvalue weighted by Gasteiger charge is 2.16. The minimum absolute atomic E-state index is 0.0756. The first-order valence-electron chi connectivity index (χ1n) is 5.85. The third-order valence-electron chi connectivity index (χ3n) is 2.78. The smallest absolute Gasteiger partial charge is 0.189 e. The van der Waals surface area contributed by atoms with Crippen molar-refractivity contribution >= 4 is 22.6 Å². The van der Waals surface area contributed by atoms with E-state index in [1.54, 1.807) is 6.07 Å². The van der Waals surface area contributed by atoms with E-state index in [9.17, 15) is 9.50 Å². The third-order valence-corrected chi connectivity index (χ3v) is 3.01. The van der Waals surface area contributed by atoms with Gasteiger partial charge in [-0.3, -0.25) is 0 Å². The number of hydrogen-bond acceptors (Lipinski definition) is 5. The Morgan fingerprint density at radius 3 is 3.00 bits per heavy atom. The summed E-state index contributed by atoms with van der Waals surface area (Å²) in [4.78, 5) is 1.23. The summed E-state index contributed by atoms with van der Waals surface area (Å²) in [5.41, 5.74) is 0.508. The minimum atomic E-state index is -0.956. The fourth-order valence-electron chi connectivity index (χ4n) is 1.85. The molecule has 0 fully saturated rings. The number of fused-ring (bicyclic) bond motifs is 1. The number of hydrogen-bond donors (Lipinski definition) is 1. The highest BCUT2D eigenvalue weighted by Crippen LogP contribution is 2.25. The van der Waals surface area contributed by atoms with Gasteiger partial charge in [-0.25, -0.2) is 4.39 Å². The van der Waals surface area contributed by atoms with Crippen LogP contribution in [0.25, 0.3) is 11.0 Å². The molecule has 6 nitrogen and oxygen atoms in total. The SMILES string of the molecule is O[C@@H](Cn1nnc(CCl)n1)c1cc2cc(F)ccc2o1. The largest absolute Gasteiger partial charge is 0.458 e. The van der Waals surface area contributed by atoms with Crippen LogP contribution in [0.2, 0.25) is 0 Å². The van der Waals surface area contributed by atoms with Crippen LogP contribution >= 0.6 is 11.6 Å². The maximum atomic E-state index is 13.1. The average molecular weight is 297 g/mol. The first-order chi connectivity index (χ1) is 9.65. The van der Waals surface area contributed by atoms with Gasteiger partial charge in [0.2, 0.25) is 0 Å². The van der Waals surface area contributed by atoms with Crippen LogP contribution in [0, 0.1) is 5.82 Å². The van der Waals surface area contributed by atoms with Crippen molar-refractivity contribution < 1.29 is 13.9 Å². The number of aromatic nitrogens is 4. The van der Waals surface area contributed by atoms with Crippen molar-refractivity contribution in [2.24, 2.45) is 0 Å². The summed E-state index contributed by atoms with van der Waals surface area (Å²) in [7, 11) is 0. The van der Waals surface area contributed by atoms with Gasteiger partial charge >= 0.3 is 0 Å². The highest BCUT2D eigenvalue weighted by atomic mass is 35.5. The third kappa shape index (κ3) is 2.50. The molecule has 0 unspecified atom stereocenters. The maximum Gasteiger partial charge on any atom is 0.189 e. The lowest BCUT2D eigenvalue weighted by Crippen LogP contribution is -2.11. The molecule has 1 atom stereocenters. The van der Waals surface area contributed by atoms with Crippen molar-refractivity contribution in [3.05, 3.63) is 41.7 Å². The van der Waals surface area contributed by atoms with Gasteiger partial charge in [0.15, 0.2) is 5.82 Å². The Morgan fingerprint density at radius 1 is 1.40 bits per heavy atom. The van der Waals surface area contributed by atoms with Gasteiger partial charge in [0, 0.05) is 5.39 Å². The van der Waals surface area contributed by atoms with E-state index in [0.717, 1.165) is 0 Å². The molecule has 2 aromatic heterocycles. The zero-order valence-electron chi connectivity index (χ0n) is 10.2. The number of tetrazole rings is 1. The first-order valence-corrected chi connectivity index (χ1v) is 6.39. The van der Waals surface area contributed by atoms with Crippen LogP contribution in [0.3, 0.4) is 0 Å². The quantitative estimate of drug-likeness (QED) is 0.745. The van der Waals surface area contributed by atoms with Crippen LogP contribution in [0.4, 0.5) is 4.39 Å². The van der Waals surface area contributed by atoms with Gasteiger partial charge < -0.3 is 9.52 Å². The van der Waals surface area contributed by atoms with E-state index in [1.807, 2.05) is 0 Å². The van der Waals surface area contributed by atoms with Gasteiger partial charge in [-0.15, -0.1) is 21.8 Å². The topological polar surface area (TPSA) is 77.0 Å². The van der Waals surface area contributed by atoms with Gasteiger partial charge in [0.1, 0.15) is 23.3 Å². The van der Waals surface area contributed by atoms with Crippen LogP contribution in [-0.4, -0.2) is 25.3 Å². The predicted octanol–water partition coefficient (Wildman–Crippen LogP) is 2.03. The number of halogens is 2. The number of benzene rings is 1. The summed E-state index contributed by atoms with van der Waals surface area (Å²) < 4.78 is 18.5. The molecule has 0 saturated heterocycles. The molecule has 3 rings (SSSR count). The monoisotopic (exact) mass is 296 g/mol. The van der Waals surface area contributed by atoms with E-state index < -0.39 is 6.10 Å². The van der Waals surface area contributed by atoms with E-state index in [0.29, 0.717) is 22.6 Å². The predicted molar refractivity (Wildman–Crippen MR) is 68.5 cm³/mol. The number of rotatable bonds is 4. The molecule has 8 heteroatoms. The Labute approximate surface area is 117 Å². The Bertz CT molecular complexity index is 742. The summed E-state index contributed by atoms with van der Waals surface area (Å²) in [6.07, 6.45) is -0.956.